The SMILES string of the molecule is C=C1CCC(C(C)C)=C(C(C)C)N1. The van der Waals surface area contributed by atoms with E-state index >= 15 is 0 Å². The summed E-state index contributed by atoms with van der Waals surface area (Å²) in [5.74, 6) is 1.26. The Morgan fingerprint density at radius 1 is 1.08 bits per heavy atom. The van der Waals surface area contributed by atoms with E-state index in [1.807, 2.05) is 0 Å². The number of nitrogens with one attached hydrogen (secondary N) is 1. The molecule has 1 heteroatoms. The van der Waals surface area contributed by atoms with Gasteiger partial charge in [0, 0.05) is 11.4 Å². The monoisotopic (exact) mass is 179 g/mol. The smallest absolute Gasteiger partial charge is 0.0169 e. The highest BCUT2D eigenvalue weighted by Crippen LogP contribution is 2.29. The van der Waals surface area contributed by atoms with Crippen LogP contribution in [0.5, 0.6) is 0 Å². The van der Waals surface area contributed by atoms with Crippen LogP contribution in [0.25, 0.3) is 0 Å². The summed E-state index contributed by atoms with van der Waals surface area (Å²) in [7, 11) is 0. The minimum Gasteiger partial charge on any atom is -0.363 e. The van der Waals surface area contributed by atoms with Gasteiger partial charge >= 0.3 is 0 Å². The lowest BCUT2D eigenvalue weighted by Crippen LogP contribution is -2.24. The molecular weight excluding hydrogens is 158 g/mol. The Labute approximate surface area is 81.9 Å². The van der Waals surface area contributed by atoms with Crippen molar-refractivity contribution < 1.29 is 0 Å². The maximum Gasteiger partial charge on any atom is 0.0169 e. The molecule has 0 bridgehead atoms. The zero-order chi connectivity index (χ0) is 10.0. The van der Waals surface area contributed by atoms with Gasteiger partial charge in [-0.3, -0.25) is 0 Å². The van der Waals surface area contributed by atoms with Gasteiger partial charge in [0.15, 0.2) is 0 Å². The molecule has 0 spiro atoms. The minimum absolute atomic E-state index is 0.592. The molecule has 0 atom stereocenters. The average Bonchev–Trinajstić information content (AvgIpc) is 2.03. The van der Waals surface area contributed by atoms with Crippen LogP contribution < -0.4 is 5.32 Å². The van der Waals surface area contributed by atoms with Gasteiger partial charge in [-0.05, 0) is 30.3 Å². The highest BCUT2D eigenvalue weighted by molar-refractivity contribution is 5.25. The standard InChI is InChI=1S/C12H21N/c1-8(2)11-7-6-10(5)13-12(11)9(3)4/h8-9,13H,5-7H2,1-4H3. The predicted octanol–water partition coefficient (Wildman–Crippen LogP) is 3.45. The summed E-state index contributed by atoms with van der Waals surface area (Å²) in [6, 6.07) is 0. The molecule has 1 aliphatic rings. The summed E-state index contributed by atoms with van der Waals surface area (Å²) < 4.78 is 0. The fraction of sp³-hybridized carbons (Fsp3) is 0.667. The molecule has 0 saturated carbocycles. The van der Waals surface area contributed by atoms with Crippen molar-refractivity contribution >= 4 is 0 Å². The van der Waals surface area contributed by atoms with Gasteiger partial charge in [0.05, 0.1) is 0 Å². The van der Waals surface area contributed by atoms with Crippen LogP contribution in [0, 0.1) is 11.8 Å². The number of allylic oxidation sites excluding steroid dienone is 3. The minimum atomic E-state index is 0.592. The molecule has 0 unspecified atom stereocenters. The predicted molar refractivity (Wildman–Crippen MR) is 58.2 cm³/mol. The first-order chi connectivity index (χ1) is 6.02. The Hall–Kier alpha value is -0.720. The van der Waals surface area contributed by atoms with E-state index in [9.17, 15) is 0 Å². The van der Waals surface area contributed by atoms with Crippen molar-refractivity contribution in [3.63, 3.8) is 0 Å². The van der Waals surface area contributed by atoms with E-state index in [-0.39, 0.29) is 0 Å². The van der Waals surface area contributed by atoms with Crippen molar-refractivity contribution in [3.8, 4) is 0 Å². The van der Waals surface area contributed by atoms with Gasteiger partial charge in [-0.1, -0.05) is 34.3 Å². The van der Waals surface area contributed by atoms with Crippen LogP contribution >= 0.6 is 0 Å². The Kier molecular flexibility index (Phi) is 3.18. The van der Waals surface area contributed by atoms with E-state index in [1.54, 1.807) is 5.57 Å². The topological polar surface area (TPSA) is 12.0 Å². The van der Waals surface area contributed by atoms with E-state index in [4.69, 9.17) is 0 Å². The van der Waals surface area contributed by atoms with Crippen LogP contribution in [0.1, 0.15) is 40.5 Å². The molecule has 0 fully saturated rings. The Morgan fingerprint density at radius 2 is 1.69 bits per heavy atom. The number of rotatable bonds is 2. The summed E-state index contributed by atoms with van der Waals surface area (Å²) >= 11 is 0. The van der Waals surface area contributed by atoms with Gasteiger partial charge in [-0.2, -0.15) is 0 Å². The quantitative estimate of drug-likeness (QED) is 0.684. The molecule has 1 aliphatic heterocycles. The lowest BCUT2D eigenvalue weighted by atomic mass is 9.88. The summed E-state index contributed by atoms with van der Waals surface area (Å²) in [6.07, 6.45) is 2.29. The van der Waals surface area contributed by atoms with E-state index in [0.717, 1.165) is 6.42 Å². The van der Waals surface area contributed by atoms with Crippen molar-refractivity contribution in [2.24, 2.45) is 11.8 Å². The molecule has 0 radical (unpaired) electrons. The lowest BCUT2D eigenvalue weighted by Gasteiger charge is -2.28. The average molecular weight is 179 g/mol. The van der Waals surface area contributed by atoms with Crippen molar-refractivity contribution in [2.75, 3.05) is 0 Å². The molecule has 0 saturated heterocycles. The zero-order valence-electron chi connectivity index (χ0n) is 9.28. The number of hydrogen-bond donors (Lipinski definition) is 1. The van der Waals surface area contributed by atoms with Crippen LogP contribution in [0.15, 0.2) is 23.5 Å². The normalized spacial score (nSPS) is 18.5. The second-order valence-corrected chi connectivity index (χ2v) is 4.48. The van der Waals surface area contributed by atoms with Crippen LogP contribution in [0.4, 0.5) is 0 Å². The van der Waals surface area contributed by atoms with Gasteiger partial charge in [-0.15, -0.1) is 0 Å². The maximum absolute atomic E-state index is 4.00. The first kappa shape index (κ1) is 10.4. The molecule has 1 N–H and O–H groups in total. The molecule has 1 heterocycles. The van der Waals surface area contributed by atoms with E-state index in [2.05, 4.69) is 39.6 Å². The van der Waals surface area contributed by atoms with Crippen molar-refractivity contribution in [1.29, 1.82) is 0 Å². The van der Waals surface area contributed by atoms with Crippen molar-refractivity contribution in [2.45, 2.75) is 40.5 Å². The highest BCUT2D eigenvalue weighted by atomic mass is 14.9. The largest absolute Gasteiger partial charge is 0.363 e. The first-order valence-electron chi connectivity index (χ1n) is 5.20. The fourth-order valence-electron chi connectivity index (χ4n) is 1.87. The summed E-state index contributed by atoms with van der Waals surface area (Å²) in [5, 5.41) is 3.43. The molecule has 13 heavy (non-hydrogen) atoms. The van der Waals surface area contributed by atoms with Crippen molar-refractivity contribution in [1.82, 2.24) is 5.32 Å². The fourth-order valence-corrected chi connectivity index (χ4v) is 1.87. The van der Waals surface area contributed by atoms with Gasteiger partial charge in [0.25, 0.3) is 0 Å². The van der Waals surface area contributed by atoms with Crippen LogP contribution in [0.2, 0.25) is 0 Å². The molecule has 1 nitrogen and oxygen atoms in total. The van der Waals surface area contributed by atoms with Gasteiger partial charge < -0.3 is 5.32 Å². The molecule has 0 aromatic carbocycles. The third-order valence-corrected chi connectivity index (χ3v) is 2.63. The van der Waals surface area contributed by atoms with Crippen LogP contribution in [-0.2, 0) is 0 Å². The van der Waals surface area contributed by atoms with E-state index in [0.29, 0.717) is 11.8 Å². The number of hydrogen-bond acceptors (Lipinski definition) is 1. The molecule has 1 rings (SSSR count). The second kappa shape index (κ2) is 3.99. The van der Waals surface area contributed by atoms with Crippen LogP contribution in [-0.4, -0.2) is 0 Å². The molecule has 0 aliphatic carbocycles. The highest BCUT2D eigenvalue weighted by Gasteiger charge is 2.18. The summed E-state index contributed by atoms with van der Waals surface area (Å²) in [5.41, 5.74) is 4.17. The lowest BCUT2D eigenvalue weighted by molar-refractivity contribution is 0.576. The third-order valence-electron chi connectivity index (χ3n) is 2.63. The molecular formula is C12H21N. The molecule has 0 aromatic rings. The van der Waals surface area contributed by atoms with Crippen LogP contribution in [0.3, 0.4) is 0 Å². The van der Waals surface area contributed by atoms with Crippen molar-refractivity contribution in [3.05, 3.63) is 23.5 Å². The second-order valence-electron chi connectivity index (χ2n) is 4.48. The van der Waals surface area contributed by atoms with E-state index < -0.39 is 0 Å². The summed E-state index contributed by atoms with van der Waals surface area (Å²) in [4.78, 5) is 0. The third kappa shape index (κ3) is 2.36. The van der Waals surface area contributed by atoms with Gasteiger partial charge in [-0.25, -0.2) is 0 Å². The Balaban J connectivity index is 2.93. The zero-order valence-corrected chi connectivity index (χ0v) is 9.28. The van der Waals surface area contributed by atoms with Gasteiger partial charge in [0.2, 0.25) is 0 Å². The molecule has 0 aromatic heterocycles. The van der Waals surface area contributed by atoms with E-state index in [1.165, 1.54) is 17.8 Å². The first-order valence-corrected chi connectivity index (χ1v) is 5.20. The summed E-state index contributed by atoms with van der Waals surface area (Å²) in [6.45, 7) is 13.0. The molecule has 74 valence electrons. The van der Waals surface area contributed by atoms with Gasteiger partial charge in [0.1, 0.15) is 0 Å². The maximum atomic E-state index is 4.00. The molecule has 0 amide bonds. The Morgan fingerprint density at radius 3 is 2.15 bits per heavy atom. The Bertz CT molecular complexity index is 234.